The van der Waals surface area contributed by atoms with Gasteiger partial charge in [-0.1, -0.05) is 20.8 Å². The largest absolute Gasteiger partial charge is 0.351 e. The highest BCUT2D eigenvalue weighted by molar-refractivity contribution is 7.13. The fraction of sp³-hybridized carbons (Fsp3) is 0.562. The lowest BCUT2D eigenvalue weighted by atomic mass is 9.98. The fourth-order valence-corrected chi connectivity index (χ4v) is 3.04. The van der Waals surface area contributed by atoms with E-state index >= 15 is 0 Å². The normalized spacial score (nSPS) is 11.7. The van der Waals surface area contributed by atoms with Gasteiger partial charge in [0.05, 0.1) is 16.9 Å². The lowest BCUT2D eigenvalue weighted by Crippen LogP contribution is -2.24. The van der Waals surface area contributed by atoms with Crippen molar-refractivity contribution in [3.63, 3.8) is 0 Å². The number of carbonyl (C=O) groups is 1. The summed E-state index contributed by atoms with van der Waals surface area (Å²) < 4.78 is 1.98. The molecule has 2 aromatic rings. The second kappa shape index (κ2) is 6.60. The topological polar surface area (TPSA) is 59.8 Å². The van der Waals surface area contributed by atoms with Crippen LogP contribution in [0.15, 0.2) is 12.3 Å². The molecule has 0 unspecified atom stereocenters. The molecule has 22 heavy (non-hydrogen) atoms. The van der Waals surface area contributed by atoms with Gasteiger partial charge in [-0.05, 0) is 26.3 Å². The molecule has 2 aromatic heterocycles. The van der Waals surface area contributed by atoms with Crippen molar-refractivity contribution in [2.45, 2.75) is 53.0 Å². The molecule has 0 bridgehead atoms. The Balaban J connectivity index is 1.81. The maximum atomic E-state index is 12.1. The van der Waals surface area contributed by atoms with E-state index in [1.807, 2.05) is 18.5 Å². The maximum absolute atomic E-state index is 12.1. The van der Waals surface area contributed by atoms with Gasteiger partial charge in [-0.2, -0.15) is 5.10 Å². The van der Waals surface area contributed by atoms with E-state index in [0.717, 1.165) is 29.4 Å². The smallest absolute Gasteiger partial charge is 0.263 e. The zero-order valence-corrected chi connectivity index (χ0v) is 14.8. The predicted molar refractivity (Wildman–Crippen MR) is 89.5 cm³/mol. The van der Waals surface area contributed by atoms with Gasteiger partial charge in [0.1, 0.15) is 4.88 Å². The van der Waals surface area contributed by atoms with E-state index in [9.17, 15) is 4.79 Å². The van der Waals surface area contributed by atoms with Gasteiger partial charge in [-0.3, -0.25) is 9.48 Å². The standard InChI is InChI=1S/C16H24N4OS/c1-11-9-12(2)20(19-11)8-6-7-17-14(21)13-10-18-15(22-13)16(3,4)5/h9-10H,6-8H2,1-5H3,(H,17,21). The summed E-state index contributed by atoms with van der Waals surface area (Å²) in [7, 11) is 0. The number of aryl methyl sites for hydroxylation is 3. The highest BCUT2D eigenvalue weighted by atomic mass is 32.1. The van der Waals surface area contributed by atoms with E-state index in [1.54, 1.807) is 6.20 Å². The average molecular weight is 320 g/mol. The van der Waals surface area contributed by atoms with Crippen LogP contribution in [0.1, 0.15) is 53.3 Å². The van der Waals surface area contributed by atoms with Gasteiger partial charge >= 0.3 is 0 Å². The summed E-state index contributed by atoms with van der Waals surface area (Å²) in [6.07, 6.45) is 2.53. The molecule has 120 valence electrons. The molecule has 0 aliphatic carbocycles. The summed E-state index contributed by atoms with van der Waals surface area (Å²) in [5.74, 6) is -0.0404. The minimum Gasteiger partial charge on any atom is -0.351 e. The summed E-state index contributed by atoms with van der Waals surface area (Å²) >= 11 is 1.47. The molecule has 0 spiro atoms. The molecule has 1 N–H and O–H groups in total. The molecule has 0 saturated heterocycles. The molecule has 6 heteroatoms. The molecule has 0 aliphatic heterocycles. The number of hydrogen-bond donors (Lipinski definition) is 1. The van der Waals surface area contributed by atoms with Crippen molar-refractivity contribution in [2.24, 2.45) is 0 Å². The minimum absolute atomic E-state index is 0.0152. The van der Waals surface area contributed by atoms with Crippen LogP contribution in [0.3, 0.4) is 0 Å². The maximum Gasteiger partial charge on any atom is 0.263 e. The molecule has 0 radical (unpaired) electrons. The molecular weight excluding hydrogens is 296 g/mol. The third kappa shape index (κ3) is 4.16. The van der Waals surface area contributed by atoms with Crippen LogP contribution in [0.2, 0.25) is 0 Å². The summed E-state index contributed by atoms with van der Waals surface area (Å²) in [6.45, 7) is 11.8. The van der Waals surface area contributed by atoms with E-state index in [4.69, 9.17) is 0 Å². The quantitative estimate of drug-likeness (QED) is 0.861. The van der Waals surface area contributed by atoms with Crippen LogP contribution < -0.4 is 5.32 Å². The van der Waals surface area contributed by atoms with Gasteiger partial charge in [-0.15, -0.1) is 11.3 Å². The number of thiazole rings is 1. The first-order valence-electron chi connectivity index (χ1n) is 7.53. The third-order valence-corrected chi connectivity index (χ3v) is 4.73. The summed E-state index contributed by atoms with van der Waals surface area (Å²) in [4.78, 5) is 17.1. The highest BCUT2D eigenvalue weighted by Crippen LogP contribution is 2.26. The minimum atomic E-state index is -0.0404. The van der Waals surface area contributed by atoms with E-state index in [0.29, 0.717) is 11.4 Å². The van der Waals surface area contributed by atoms with Gasteiger partial charge in [-0.25, -0.2) is 4.98 Å². The van der Waals surface area contributed by atoms with Crippen LogP contribution in [0.25, 0.3) is 0 Å². The molecule has 2 rings (SSSR count). The number of hydrogen-bond acceptors (Lipinski definition) is 4. The van der Waals surface area contributed by atoms with Crippen molar-refractivity contribution >= 4 is 17.2 Å². The van der Waals surface area contributed by atoms with E-state index in [2.05, 4.69) is 42.2 Å². The van der Waals surface area contributed by atoms with E-state index in [-0.39, 0.29) is 11.3 Å². The van der Waals surface area contributed by atoms with Crippen LogP contribution in [-0.4, -0.2) is 27.2 Å². The first-order chi connectivity index (χ1) is 10.3. The number of nitrogens with one attached hydrogen (secondary N) is 1. The fourth-order valence-electron chi connectivity index (χ4n) is 2.14. The van der Waals surface area contributed by atoms with Crippen molar-refractivity contribution in [3.05, 3.63) is 33.5 Å². The molecule has 1 amide bonds. The predicted octanol–water partition coefficient (Wildman–Crippen LogP) is 3.07. The van der Waals surface area contributed by atoms with Crippen molar-refractivity contribution in [1.82, 2.24) is 20.1 Å². The number of aromatic nitrogens is 3. The first-order valence-corrected chi connectivity index (χ1v) is 8.34. The SMILES string of the molecule is Cc1cc(C)n(CCCNC(=O)c2cnc(C(C)(C)C)s2)n1. The highest BCUT2D eigenvalue weighted by Gasteiger charge is 2.20. The monoisotopic (exact) mass is 320 g/mol. The summed E-state index contributed by atoms with van der Waals surface area (Å²) in [5, 5.41) is 8.35. The molecule has 0 saturated carbocycles. The van der Waals surface area contributed by atoms with E-state index < -0.39 is 0 Å². The van der Waals surface area contributed by atoms with Crippen molar-refractivity contribution < 1.29 is 4.79 Å². The third-order valence-electron chi connectivity index (χ3n) is 3.31. The molecule has 2 heterocycles. The summed E-state index contributed by atoms with van der Waals surface area (Å²) in [5.41, 5.74) is 2.17. The van der Waals surface area contributed by atoms with Crippen LogP contribution in [-0.2, 0) is 12.0 Å². The first kappa shape index (κ1) is 16.7. The van der Waals surface area contributed by atoms with Gasteiger partial charge in [0, 0.05) is 24.2 Å². The molecular formula is C16H24N4OS. The molecule has 0 atom stereocenters. The van der Waals surface area contributed by atoms with Crippen LogP contribution >= 0.6 is 11.3 Å². The lowest BCUT2D eigenvalue weighted by Gasteiger charge is -2.13. The van der Waals surface area contributed by atoms with Crippen molar-refractivity contribution in [3.8, 4) is 0 Å². The number of rotatable bonds is 5. The van der Waals surface area contributed by atoms with Crippen molar-refractivity contribution in [2.75, 3.05) is 6.54 Å². The molecule has 0 aromatic carbocycles. The second-order valence-electron chi connectivity index (χ2n) is 6.54. The number of nitrogens with zero attached hydrogens (tertiary/aromatic N) is 3. The van der Waals surface area contributed by atoms with Gasteiger partial charge in [0.2, 0.25) is 0 Å². The Morgan fingerprint density at radius 2 is 2.09 bits per heavy atom. The Morgan fingerprint density at radius 3 is 2.64 bits per heavy atom. The Morgan fingerprint density at radius 1 is 1.36 bits per heavy atom. The Hall–Kier alpha value is -1.69. The lowest BCUT2D eigenvalue weighted by molar-refractivity contribution is 0.0956. The van der Waals surface area contributed by atoms with Crippen LogP contribution in [0, 0.1) is 13.8 Å². The van der Waals surface area contributed by atoms with Crippen LogP contribution in [0.5, 0.6) is 0 Å². The molecule has 0 aliphatic rings. The Bertz CT molecular complexity index is 651. The van der Waals surface area contributed by atoms with Crippen LogP contribution in [0.4, 0.5) is 0 Å². The number of amides is 1. The number of carbonyl (C=O) groups excluding carboxylic acids is 1. The van der Waals surface area contributed by atoms with Crippen molar-refractivity contribution in [1.29, 1.82) is 0 Å². The zero-order valence-electron chi connectivity index (χ0n) is 13.9. The summed E-state index contributed by atoms with van der Waals surface area (Å²) in [6, 6.07) is 2.06. The van der Waals surface area contributed by atoms with Gasteiger partial charge in [0.15, 0.2) is 0 Å². The second-order valence-corrected chi connectivity index (χ2v) is 7.57. The Kier molecular flexibility index (Phi) is 5.01. The zero-order chi connectivity index (χ0) is 16.3. The average Bonchev–Trinajstić information content (AvgIpc) is 3.01. The molecule has 5 nitrogen and oxygen atoms in total. The van der Waals surface area contributed by atoms with E-state index in [1.165, 1.54) is 11.3 Å². The molecule has 0 fully saturated rings. The Labute approximate surface area is 135 Å². The van der Waals surface area contributed by atoms with Gasteiger partial charge < -0.3 is 5.32 Å². The van der Waals surface area contributed by atoms with Gasteiger partial charge in [0.25, 0.3) is 5.91 Å².